The van der Waals surface area contributed by atoms with E-state index in [4.69, 9.17) is 11.6 Å². The van der Waals surface area contributed by atoms with Gasteiger partial charge in [-0.1, -0.05) is 27.5 Å². The van der Waals surface area contributed by atoms with Crippen LogP contribution in [0.2, 0.25) is 5.15 Å². The van der Waals surface area contributed by atoms with Gasteiger partial charge in [0.05, 0.1) is 4.92 Å². The van der Waals surface area contributed by atoms with Gasteiger partial charge in [0.15, 0.2) is 0 Å². The van der Waals surface area contributed by atoms with Crippen molar-refractivity contribution >= 4 is 44.9 Å². The topological polar surface area (TPSA) is 85.1 Å². The first-order valence-electron chi connectivity index (χ1n) is 5.35. The molecule has 0 spiro atoms. The summed E-state index contributed by atoms with van der Waals surface area (Å²) in [5, 5.41) is 13.3. The number of rotatable bonds is 3. The first kappa shape index (κ1) is 14.4. The summed E-state index contributed by atoms with van der Waals surface area (Å²) in [6.07, 6.45) is 0. The van der Waals surface area contributed by atoms with Gasteiger partial charge in [-0.3, -0.25) is 14.9 Å². The summed E-state index contributed by atoms with van der Waals surface area (Å²) in [4.78, 5) is 26.0. The molecule has 20 heavy (non-hydrogen) atoms. The van der Waals surface area contributed by atoms with Crippen LogP contribution in [0.4, 0.5) is 11.5 Å². The van der Waals surface area contributed by atoms with E-state index in [0.717, 1.165) is 4.47 Å². The number of nitro groups is 1. The smallest absolute Gasteiger partial charge is 0.301 e. The van der Waals surface area contributed by atoms with E-state index < -0.39 is 10.8 Å². The maximum atomic E-state index is 12.0. The molecule has 102 valence electrons. The molecule has 6 nitrogen and oxygen atoms in total. The number of nitrogens with zero attached hydrogens (tertiary/aromatic N) is 2. The SMILES string of the molecule is O=C(Nc1nc(Cl)ccc1[N+](=O)[O-])c1ccc(Br)cc1. The average molecular weight is 357 g/mol. The molecule has 0 saturated heterocycles. The van der Waals surface area contributed by atoms with Gasteiger partial charge in [0.25, 0.3) is 5.91 Å². The van der Waals surface area contributed by atoms with Crippen molar-refractivity contribution < 1.29 is 9.72 Å². The normalized spacial score (nSPS) is 10.1. The Hall–Kier alpha value is -1.99. The predicted octanol–water partition coefficient (Wildman–Crippen LogP) is 3.66. The molecule has 8 heteroatoms. The quantitative estimate of drug-likeness (QED) is 0.516. The minimum absolute atomic E-state index is 0.0571. The van der Waals surface area contributed by atoms with Crippen LogP contribution in [0.3, 0.4) is 0 Å². The zero-order valence-electron chi connectivity index (χ0n) is 9.84. The van der Waals surface area contributed by atoms with Crippen molar-refractivity contribution in [2.75, 3.05) is 5.32 Å². The van der Waals surface area contributed by atoms with Gasteiger partial charge in [0.1, 0.15) is 5.15 Å². The molecule has 1 heterocycles. The molecule has 0 unspecified atom stereocenters. The van der Waals surface area contributed by atoms with Gasteiger partial charge >= 0.3 is 5.69 Å². The third-order valence-electron chi connectivity index (χ3n) is 2.38. The number of carbonyl (C=O) groups excluding carboxylic acids is 1. The second kappa shape index (κ2) is 5.98. The number of hydrogen-bond donors (Lipinski definition) is 1. The monoisotopic (exact) mass is 355 g/mol. The third kappa shape index (κ3) is 3.31. The lowest BCUT2D eigenvalue weighted by atomic mass is 10.2. The van der Waals surface area contributed by atoms with Crippen LogP contribution in [0.1, 0.15) is 10.4 Å². The molecule has 1 aromatic carbocycles. The summed E-state index contributed by atoms with van der Waals surface area (Å²) in [5.74, 6) is -0.689. The minimum Gasteiger partial charge on any atom is -0.301 e. The first-order valence-corrected chi connectivity index (χ1v) is 6.52. The number of halogens is 2. The molecule has 2 rings (SSSR count). The van der Waals surface area contributed by atoms with E-state index in [1.807, 2.05) is 0 Å². The van der Waals surface area contributed by atoms with Crippen LogP contribution >= 0.6 is 27.5 Å². The van der Waals surface area contributed by atoms with E-state index in [1.54, 1.807) is 24.3 Å². The van der Waals surface area contributed by atoms with Crippen LogP contribution in [-0.2, 0) is 0 Å². The molecule has 0 fully saturated rings. The van der Waals surface area contributed by atoms with E-state index in [9.17, 15) is 14.9 Å². The maximum Gasteiger partial charge on any atom is 0.311 e. The Labute approximate surface area is 127 Å². The number of pyridine rings is 1. The molecule has 0 saturated carbocycles. The number of carbonyl (C=O) groups is 1. The van der Waals surface area contributed by atoms with Crippen molar-refractivity contribution in [3.63, 3.8) is 0 Å². The number of aromatic nitrogens is 1. The average Bonchev–Trinajstić information content (AvgIpc) is 2.39. The molecule has 0 aliphatic rings. The van der Waals surface area contributed by atoms with Crippen molar-refractivity contribution in [2.45, 2.75) is 0 Å². The van der Waals surface area contributed by atoms with Crippen LogP contribution in [0, 0.1) is 10.1 Å². The zero-order chi connectivity index (χ0) is 14.7. The van der Waals surface area contributed by atoms with Gasteiger partial charge in [0.2, 0.25) is 5.82 Å². The van der Waals surface area contributed by atoms with E-state index in [0.29, 0.717) is 5.56 Å². The number of hydrogen-bond acceptors (Lipinski definition) is 4. The largest absolute Gasteiger partial charge is 0.311 e. The Morgan fingerprint density at radius 3 is 2.50 bits per heavy atom. The van der Waals surface area contributed by atoms with Gasteiger partial charge in [-0.2, -0.15) is 0 Å². The van der Waals surface area contributed by atoms with Gasteiger partial charge in [-0.15, -0.1) is 0 Å². The maximum absolute atomic E-state index is 12.0. The molecule has 0 aliphatic heterocycles. The summed E-state index contributed by atoms with van der Waals surface area (Å²) >= 11 is 8.93. The molecule has 0 atom stereocenters. The number of anilines is 1. The predicted molar refractivity (Wildman–Crippen MR) is 78.0 cm³/mol. The Morgan fingerprint density at radius 2 is 1.90 bits per heavy atom. The number of amides is 1. The molecule has 0 aliphatic carbocycles. The highest BCUT2D eigenvalue weighted by molar-refractivity contribution is 9.10. The van der Waals surface area contributed by atoms with Crippen molar-refractivity contribution in [3.05, 3.63) is 61.7 Å². The Morgan fingerprint density at radius 1 is 1.25 bits per heavy atom. The summed E-state index contributed by atoms with van der Waals surface area (Å²) in [7, 11) is 0. The highest BCUT2D eigenvalue weighted by atomic mass is 79.9. The molecule has 0 bridgehead atoms. The fourth-order valence-electron chi connectivity index (χ4n) is 1.45. The van der Waals surface area contributed by atoms with E-state index in [1.165, 1.54) is 12.1 Å². The van der Waals surface area contributed by atoms with Crippen LogP contribution in [0.15, 0.2) is 40.9 Å². The van der Waals surface area contributed by atoms with E-state index in [2.05, 4.69) is 26.2 Å². The molecule has 0 radical (unpaired) electrons. The summed E-state index contributed by atoms with van der Waals surface area (Å²) in [6.45, 7) is 0. The van der Waals surface area contributed by atoms with Crippen LogP contribution in [0.5, 0.6) is 0 Å². The number of nitrogens with one attached hydrogen (secondary N) is 1. The summed E-state index contributed by atoms with van der Waals surface area (Å²) in [6, 6.07) is 9.01. The number of benzene rings is 1. The fourth-order valence-corrected chi connectivity index (χ4v) is 1.86. The van der Waals surface area contributed by atoms with Crippen molar-refractivity contribution in [1.29, 1.82) is 0 Å². The van der Waals surface area contributed by atoms with Gasteiger partial charge in [0, 0.05) is 16.1 Å². The van der Waals surface area contributed by atoms with Crippen molar-refractivity contribution in [3.8, 4) is 0 Å². The Kier molecular flexibility index (Phi) is 4.31. The Balaban J connectivity index is 2.29. The van der Waals surface area contributed by atoms with Gasteiger partial charge in [-0.05, 0) is 30.3 Å². The molecule has 1 amide bonds. The third-order valence-corrected chi connectivity index (χ3v) is 3.11. The lowest BCUT2D eigenvalue weighted by molar-refractivity contribution is -0.384. The molecule has 2 aromatic rings. The standard InChI is InChI=1S/C12H7BrClN3O3/c13-8-3-1-7(2-4-8)12(18)16-11-9(17(19)20)5-6-10(14)15-11/h1-6H,(H,15,16,18). The lowest BCUT2D eigenvalue weighted by Crippen LogP contribution is -2.14. The second-order valence-electron chi connectivity index (χ2n) is 3.72. The minimum atomic E-state index is -0.638. The van der Waals surface area contributed by atoms with Gasteiger partial charge in [-0.25, -0.2) is 4.98 Å². The van der Waals surface area contributed by atoms with E-state index in [-0.39, 0.29) is 16.7 Å². The molecular weight excluding hydrogens is 350 g/mol. The Bertz CT molecular complexity index is 676. The molecule has 1 N–H and O–H groups in total. The van der Waals surface area contributed by atoms with Crippen LogP contribution in [-0.4, -0.2) is 15.8 Å². The molecule has 1 aromatic heterocycles. The van der Waals surface area contributed by atoms with Crippen molar-refractivity contribution in [2.24, 2.45) is 0 Å². The highest BCUT2D eigenvalue weighted by Crippen LogP contribution is 2.24. The van der Waals surface area contributed by atoms with Crippen LogP contribution < -0.4 is 5.32 Å². The lowest BCUT2D eigenvalue weighted by Gasteiger charge is -2.05. The second-order valence-corrected chi connectivity index (χ2v) is 5.02. The van der Waals surface area contributed by atoms with Crippen LogP contribution in [0.25, 0.3) is 0 Å². The summed E-state index contributed by atoms with van der Waals surface area (Å²) in [5.41, 5.74) is 0.0316. The molecular formula is C12H7BrClN3O3. The first-order chi connectivity index (χ1) is 9.47. The summed E-state index contributed by atoms with van der Waals surface area (Å²) < 4.78 is 0.820. The highest BCUT2D eigenvalue weighted by Gasteiger charge is 2.18. The zero-order valence-corrected chi connectivity index (χ0v) is 12.2. The fraction of sp³-hybridized carbons (Fsp3) is 0. The van der Waals surface area contributed by atoms with Gasteiger partial charge < -0.3 is 5.32 Å². The van der Waals surface area contributed by atoms with Crippen molar-refractivity contribution in [1.82, 2.24) is 4.98 Å². The van der Waals surface area contributed by atoms with E-state index >= 15 is 0 Å².